The number of carboxylic acid groups (broad SMARTS) is 1. The Morgan fingerprint density at radius 3 is 2.40 bits per heavy atom. The normalized spacial score (nSPS) is 14.6. The summed E-state index contributed by atoms with van der Waals surface area (Å²) in [4.78, 5) is 24.2. The highest BCUT2D eigenvalue weighted by molar-refractivity contribution is 5.83. The number of unbranched alkanes of at least 4 members (excludes halogenated alkanes) is 1. The van der Waals surface area contributed by atoms with Crippen molar-refractivity contribution in [2.24, 2.45) is 5.41 Å². The number of nitrogens with one attached hydrogen (secondary N) is 1. The molecule has 0 aliphatic carbocycles. The predicted octanol–water partition coefficient (Wildman–Crippen LogP) is 4.45. The molecule has 0 bridgehead atoms. The Labute approximate surface area is 177 Å². The van der Waals surface area contributed by atoms with E-state index in [2.05, 4.69) is 15.5 Å². The Bertz CT molecular complexity index is 844. The minimum Gasteiger partial charge on any atom is -0.480 e. The van der Waals surface area contributed by atoms with E-state index in [-0.39, 0.29) is 6.42 Å². The van der Waals surface area contributed by atoms with Crippen LogP contribution in [0.4, 0.5) is 4.79 Å². The Hall–Kier alpha value is -2.90. The van der Waals surface area contributed by atoms with Crippen LogP contribution in [0, 0.1) is 5.41 Å². The maximum Gasteiger partial charge on any atom is 0.408 e. The van der Waals surface area contributed by atoms with Crippen molar-refractivity contribution >= 4 is 12.1 Å². The highest BCUT2D eigenvalue weighted by Gasteiger charge is 2.37. The van der Waals surface area contributed by atoms with Gasteiger partial charge in [-0.1, -0.05) is 58.7 Å². The van der Waals surface area contributed by atoms with E-state index < -0.39 is 29.1 Å². The van der Waals surface area contributed by atoms with Gasteiger partial charge in [0.15, 0.2) is 0 Å². The molecule has 2 aromatic rings. The van der Waals surface area contributed by atoms with Crippen LogP contribution in [0.5, 0.6) is 0 Å². The van der Waals surface area contributed by atoms with E-state index in [1.165, 1.54) is 6.92 Å². The minimum atomic E-state index is -1.39. The zero-order valence-electron chi connectivity index (χ0n) is 18.3. The molecule has 2 N–H and O–H groups in total. The molecule has 8 nitrogen and oxygen atoms in total. The lowest BCUT2D eigenvalue weighted by Crippen LogP contribution is -2.53. The summed E-state index contributed by atoms with van der Waals surface area (Å²) in [5.41, 5.74) is -1.02. The lowest BCUT2D eigenvalue weighted by Gasteiger charge is -2.32. The van der Waals surface area contributed by atoms with Gasteiger partial charge in [-0.2, -0.15) is 0 Å². The van der Waals surface area contributed by atoms with Crippen molar-refractivity contribution in [2.45, 2.75) is 71.9 Å². The van der Waals surface area contributed by atoms with Gasteiger partial charge in [0, 0.05) is 5.56 Å². The fourth-order valence-electron chi connectivity index (χ4n) is 2.85. The van der Waals surface area contributed by atoms with Gasteiger partial charge in [0.2, 0.25) is 11.8 Å². The van der Waals surface area contributed by atoms with Crippen LogP contribution in [0.2, 0.25) is 0 Å². The monoisotopic (exact) mass is 417 g/mol. The van der Waals surface area contributed by atoms with E-state index in [9.17, 15) is 14.7 Å². The Morgan fingerprint density at radius 2 is 1.83 bits per heavy atom. The van der Waals surface area contributed by atoms with Crippen LogP contribution < -0.4 is 5.32 Å². The summed E-state index contributed by atoms with van der Waals surface area (Å²) < 4.78 is 11.4. The first kappa shape index (κ1) is 23.4. The third kappa shape index (κ3) is 6.30. The number of benzene rings is 1. The molecule has 0 saturated heterocycles. The molecule has 30 heavy (non-hydrogen) atoms. The zero-order chi connectivity index (χ0) is 22.4. The molecule has 1 aromatic heterocycles. The van der Waals surface area contributed by atoms with E-state index in [1.807, 2.05) is 58.0 Å². The highest BCUT2D eigenvalue weighted by atomic mass is 16.6. The number of rotatable bonds is 9. The summed E-state index contributed by atoms with van der Waals surface area (Å²) in [6, 6.07) is 9.39. The minimum absolute atomic E-state index is 0.218. The van der Waals surface area contributed by atoms with E-state index in [4.69, 9.17) is 9.15 Å². The molecule has 2 rings (SSSR count). The lowest BCUT2D eigenvalue weighted by molar-refractivity contribution is -0.144. The molecule has 1 heterocycles. The molecular weight excluding hydrogens is 386 g/mol. The van der Waals surface area contributed by atoms with Crippen LogP contribution >= 0.6 is 0 Å². The van der Waals surface area contributed by atoms with Gasteiger partial charge >= 0.3 is 12.1 Å². The molecule has 0 spiro atoms. The average molecular weight is 418 g/mol. The van der Waals surface area contributed by atoms with Crippen molar-refractivity contribution in [2.75, 3.05) is 0 Å². The molecule has 1 aromatic carbocycles. The average Bonchev–Trinajstić information content (AvgIpc) is 3.14. The van der Waals surface area contributed by atoms with E-state index in [0.29, 0.717) is 24.6 Å². The summed E-state index contributed by atoms with van der Waals surface area (Å²) >= 11 is 0. The number of alkyl carbamates (subject to hydrolysis) is 1. The maximum absolute atomic E-state index is 12.5. The number of ether oxygens (including phenoxy) is 1. The van der Waals surface area contributed by atoms with Gasteiger partial charge < -0.3 is 19.6 Å². The van der Waals surface area contributed by atoms with Gasteiger partial charge in [-0.15, -0.1) is 10.2 Å². The van der Waals surface area contributed by atoms with Crippen LogP contribution in [0.25, 0.3) is 11.5 Å². The predicted molar refractivity (Wildman–Crippen MR) is 112 cm³/mol. The van der Waals surface area contributed by atoms with Crippen LogP contribution in [0.1, 0.15) is 59.8 Å². The standard InChI is InChI=1S/C22H31N3O5/c1-6-7-13-22(5,19(26)27)23-20(28)29-16(21(2,3)4)14-17-24-25-18(30-17)15-11-9-8-10-12-15/h8-12,16H,6-7,13-14H2,1-5H3,(H,23,28)(H,26,27)/t16-,22+/m1/s1. The van der Waals surface area contributed by atoms with Gasteiger partial charge in [0.25, 0.3) is 0 Å². The van der Waals surface area contributed by atoms with Crippen molar-refractivity contribution in [1.29, 1.82) is 0 Å². The van der Waals surface area contributed by atoms with Crippen molar-refractivity contribution in [3.05, 3.63) is 36.2 Å². The second-order valence-corrected chi connectivity index (χ2v) is 8.70. The molecule has 0 saturated carbocycles. The van der Waals surface area contributed by atoms with Gasteiger partial charge in [0.1, 0.15) is 11.6 Å². The summed E-state index contributed by atoms with van der Waals surface area (Å²) in [6.45, 7) is 9.22. The van der Waals surface area contributed by atoms with Gasteiger partial charge in [-0.25, -0.2) is 9.59 Å². The van der Waals surface area contributed by atoms with E-state index >= 15 is 0 Å². The van der Waals surface area contributed by atoms with Gasteiger partial charge in [0.05, 0.1) is 6.42 Å². The smallest absolute Gasteiger partial charge is 0.408 e. The number of nitrogens with zero attached hydrogens (tertiary/aromatic N) is 2. The lowest BCUT2D eigenvalue weighted by atomic mass is 9.87. The summed E-state index contributed by atoms with van der Waals surface area (Å²) in [6.07, 6.45) is 0.666. The summed E-state index contributed by atoms with van der Waals surface area (Å²) in [7, 11) is 0. The van der Waals surface area contributed by atoms with E-state index in [0.717, 1.165) is 12.0 Å². The van der Waals surface area contributed by atoms with Crippen molar-refractivity contribution in [3.63, 3.8) is 0 Å². The van der Waals surface area contributed by atoms with Crippen molar-refractivity contribution in [1.82, 2.24) is 15.5 Å². The molecule has 0 aliphatic heterocycles. The Morgan fingerprint density at radius 1 is 1.17 bits per heavy atom. The molecule has 0 fully saturated rings. The second kappa shape index (κ2) is 9.73. The molecule has 1 amide bonds. The number of amides is 1. The zero-order valence-corrected chi connectivity index (χ0v) is 18.3. The number of aliphatic carboxylic acids is 1. The highest BCUT2D eigenvalue weighted by Crippen LogP contribution is 2.27. The maximum atomic E-state index is 12.5. The van der Waals surface area contributed by atoms with E-state index in [1.54, 1.807) is 0 Å². The molecular formula is C22H31N3O5. The van der Waals surface area contributed by atoms with Crippen molar-refractivity contribution in [3.8, 4) is 11.5 Å². The van der Waals surface area contributed by atoms with Crippen LogP contribution in [-0.2, 0) is 16.0 Å². The third-order valence-electron chi connectivity index (χ3n) is 4.94. The van der Waals surface area contributed by atoms with Crippen LogP contribution in [-0.4, -0.2) is 39.0 Å². The molecule has 164 valence electrons. The molecule has 0 unspecified atom stereocenters. The molecule has 0 aliphatic rings. The third-order valence-corrected chi connectivity index (χ3v) is 4.94. The number of hydrogen-bond donors (Lipinski definition) is 2. The fraction of sp³-hybridized carbons (Fsp3) is 0.545. The van der Waals surface area contributed by atoms with Crippen molar-refractivity contribution < 1.29 is 23.8 Å². The summed E-state index contributed by atoms with van der Waals surface area (Å²) in [5.74, 6) is -0.362. The molecule has 0 radical (unpaired) electrons. The second-order valence-electron chi connectivity index (χ2n) is 8.70. The van der Waals surface area contributed by atoms with Crippen LogP contribution in [0.3, 0.4) is 0 Å². The fourth-order valence-corrected chi connectivity index (χ4v) is 2.85. The number of aromatic nitrogens is 2. The molecule has 8 heteroatoms. The number of hydrogen-bond acceptors (Lipinski definition) is 6. The largest absolute Gasteiger partial charge is 0.480 e. The quantitative estimate of drug-likeness (QED) is 0.619. The Balaban J connectivity index is 2.10. The topological polar surface area (TPSA) is 115 Å². The number of carbonyl (C=O) groups excluding carboxylic acids is 1. The molecule has 2 atom stereocenters. The first-order chi connectivity index (χ1) is 14.0. The first-order valence-electron chi connectivity index (χ1n) is 10.1. The van der Waals surface area contributed by atoms with Gasteiger partial charge in [-0.05, 0) is 30.9 Å². The number of carbonyl (C=O) groups is 2. The SMILES string of the molecule is CCCC[C@](C)(NC(=O)O[C@H](Cc1nnc(-c2ccccc2)o1)C(C)(C)C)C(=O)O. The summed E-state index contributed by atoms with van der Waals surface area (Å²) in [5, 5.41) is 20.2. The first-order valence-corrected chi connectivity index (χ1v) is 10.1. The Kier molecular flexibility index (Phi) is 7.59. The van der Waals surface area contributed by atoms with Gasteiger partial charge in [-0.3, -0.25) is 0 Å². The van der Waals surface area contributed by atoms with Crippen LogP contribution in [0.15, 0.2) is 34.7 Å². The number of carboxylic acids is 1.